The third-order valence-corrected chi connectivity index (χ3v) is 4.77. The van der Waals surface area contributed by atoms with Gasteiger partial charge in [0.05, 0.1) is 5.56 Å². The SMILES string of the molecule is Cc1ccc(NC(=O)c2cc(C(F)(F)F)ccn2)cc1-c1ccc2ccncc2c1. The van der Waals surface area contributed by atoms with Gasteiger partial charge in [-0.15, -0.1) is 0 Å². The van der Waals surface area contributed by atoms with Gasteiger partial charge in [0.2, 0.25) is 0 Å². The Labute approximate surface area is 170 Å². The summed E-state index contributed by atoms with van der Waals surface area (Å²) in [4.78, 5) is 20.4. The van der Waals surface area contributed by atoms with Crippen molar-refractivity contribution in [2.24, 2.45) is 0 Å². The zero-order valence-electron chi connectivity index (χ0n) is 15.9. The molecular weight excluding hydrogens is 391 g/mol. The van der Waals surface area contributed by atoms with Gasteiger partial charge in [0.15, 0.2) is 0 Å². The molecule has 150 valence electrons. The van der Waals surface area contributed by atoms with Crippen LogP contribution in [-0.2, 0) is 6.18 Å². The highest BCUT2D eigenvalue weighted by Gasteiger charge is 2.31. The molecule has 0 saturated carbocycles. The van der Waals surface area contributed by atoms with Gasteiger partial charge in [0.1, 0.15) is 5.69 Å². The number of aromatic nitrogens is 2. The molecule has 0 spiro atoms. The Morgan fingerprint density at radius 3 is 2.57 bits per heavy atom. The minimum absolute atomic E-state index is 0.302. The Morgan fingerprint density at radius 1 is 0.933 bits per heavy atom. The number of amides is 1. The summed E-state index contributed by atoms with van der Waals surface area (Å²) in [5, 5.41) is 4.68. The number of carbonyl (C=O) groups is 1. The van der Waals surface area contributed by atoms with E-state index in [1.165, 1.54) is 0 Å². The zero-order chi connectivity index (χ0) is 21.3. The molecule has 0 radical (unpaired) electrons. The van der Waals surface area contributed by atoms with E-state index in [4.69, 9.17) is 0 Å². The minimum Gasteiger partial charge on any atom is -0.321 e. The van der Waals surface area contributed by atoms with Crippen molar-refractivity contribution < 1.29 is 18.0 Å². The molecule has 1 N–H and O–H groups in total. The van der Waals surface area contributed by atoms with Gasteiger partial charge in [0, 0.05) is 29.7 Å². The standard InChI is InChI=1S/C23H16F3N3O/c1-14-2-5-19(29-22(30)21-11-18(7-9-28-21)23(24,25)26)12-20(14)16-4-3-15-6-8-27-13-17(15)10-16/h2-13H,1H3,(H,29,30). The van der Waals surface area contributed by atoms with Crippen LogP contribution in [0.5, 0.6) is 0 Å². The van der Waals surface area contributed by atoms with Crippen LogP contribution in [0, 0.1) is 6.92 Å². The average Bonchev–Trinajstić information content (AvgIpc) is 2.74. The van der Waals surface area contributed by atoms with E-state index in [-0.39, 0.29) is 5.69 Å². The Kier molecular flexibility index (Phi) is 4.95. The molecule has 2 aromatic heterocycles. The van der Waals surface area contributed by atoms with Gasteiger partial charge in [-0.05, 0) is 65.4 Å². The molecule has 0 fully saturated rings. The summed E-state index contributed by atoms with van der Waals surface area (Å²) in [6, 6.07) is 14.8. The Hall–Kier alpha value is -3.74. The smallest absolute Gasteiger partial charge is 0.321 e. The molecule has 2 heterocycles. The van der Waals surface area contributed by atoms with Gasteiger partial charge in [-0.3, -0.25) is 14.8 Å². The number of pyridine rings is 2. The molecule has 2 aromatic carbocycles. The van der Waals surface area contributed by atoms with Crippen LogP contribution in [0.2, 0.25) is 0 Å². The molecule has 4 nitrogen and oxygen atoms in total. The van der Waals surface area contributed by atoms with E-state index in [1.54, 1.807) is 24.5 Å². The maximum Gasteiger partial charge on any atom is 0.416 e. The highest BCUT2D eigenvalue weighted by atomic mass is 19.4. The van der Waals surface area contributed by atoms with Gasteiger partial charge < -0.3 is 5.32 Å². The second-order valence-electron chi connectivity index (χ2n) is 6.85. The number of aryl methyl sites for hydroxylation is 1. The summed E-state index contributed by atoms with van der Waals surface area (Å²) in [6.45, 7) is 1.95. The first kappa shape index (κ1) is 19.6. The lowest BCUT2D eigenvalue weighted by Crippen LogP contribution is -2.15. The number of hydrogen-bond acceptors (Lipinski definition) is 3. The van der Waals surface area contributed by atoms with Crippen LogP contribution in [0.15, 0.2) is 73.2 Å². The fourth-order valence-corrected chi connectivity index (χ4v) is 3.19. The Bertz CT molecular complexity index is 1250. The molecule has 0 aliphatic heterocycles. The second kappa shape index (κ2) is 7.59. The summed E-state index contributed by atoms with van der Waals surface area (Å²) in [5.41, 5.74) is 2.08. The molecule has 0 aliphatic carbocycles. The van der Waals surface area contributed by atoms with E-state index in [9.17, 15) is 18.0 Å². The molecule has 0 aliphatic rings. The predicted molar refractivity (Wildman–Crippen MR) is 109 cm³/mol. The van der Waals surface area contributed by atoms with Gasteiger partial charge in [0.25, 0.3) is 5.91 Å². The lowest BCUT2D eigenvalue weighted by molar-refractivity contribution is -0.137. The van der Waals surface area contributed by atoms with Gasteiger partial charge in [-0.25, -0.2) is 0 Å². The largest absolute Gasteiger partial charge is 0.416 e. The first-order chi connectivity index (χ1) is 14.3. The maximum absolute atomic E-state index is 12.9. The molecule has 1 amide bonds. The molecule has 4 rings (SSSR count). The van der Waals surface area contributed by atoms with Crippen LogP contribution in [-0.4, -0.2) is 15.9 Å². The number of hydrogen-bond donors (Lipinski definition) is 1. The van der Waals surface area contributed by atoms with E-state index < -0.39 is 17.6 Å². The maximum atomic E-state index is 12.9. The summed E-state index contributed by atoms with van der Waals surface area (Å²) in [5.74, 6) is -0.710. The van der Waals surface area contributed by atoms with Crippen LogP contribution in [0.1, 0.15) is 21.6 Å². The van der Waals surface area contributed by atoms with Gasteiger partial charge in [-0.2, -0.15) is 13.2 Å². The summed E-state index contributed by atoms with van der Waals surface area (Å²) < 4.78 is 38.7. The molecule has 0 saturated heterocycles. The first-order valence-electron chi connectivity index (χ1n) is 9.11. The molecule has 0 bridgehead atoms. The van der Waals surface area contributed by atoms with Crippen molar-refractivity contribution >= 4 is 22.4 Å². The van der Waals surface area contributed by atoms with Gasteiger partial charge in [-0.1, -0.05) is 18.2 Å². The van der Waals surface area contributed by atoms with Crippen LogP contribution < -0.4 is 5.32 Å². The third-order valence-electron chi connectivity index (χ3n) is 4.77. The quantitative estimate of drug-likeness (QED) is 0.462. The number of rotatable bonds is 3. The van der Waals surface area contributed by atoms with Crippen molar-refractivity contribution in [2.45, 2.75) is 13.1 Å². The second-order valence-corrected chi connectivity index (χ2v) is 6.85. The highest BCUT2D eigenvalue weighted by Crippen LogP contribution is 2.31. The number of anilines is 1. The number of alkyl halides is 3. The number of benzene rings is 2. The zero-order valence-corrected chi connectivity index (χ0v) is 15.9. The van der Waals surface area contributed by atoms with Crippen LogP contribution in [0.25, 0.3) is 21.9 Å². The average molecular weight is 407 g/mol. The predicted octanol–water partition coefficient (Wildman–Crippen LogP) is 5.88. The number of carbonyl (C=O) groups excluding carboxylic acids is 1. The number of fused-ring (bicyclic) bond motifs is 1. The van der Waals surface area contributed by atoms with E-state index in [0.29, 0.717) is 5.69 Å². The van der Waals surface area contributed by atoms with Crippen LogP contribution >= 0.6 is 0 Å². The number of halogens is 3. The molecule has 30 heavy (non-hydrogen) atoms. The van der Waals surface area contributed by atoms with Crippen molar-refractivity contribution in [3.8, 4) is 11.1 Å². The lowest BCUT2D eigenvalue weighted by Gasteiger charge is -2.12. The summed E-state index contributed by atoms with van der Waals surface area (Å²) >= 11 is 0. The molecule has 7 heteroatoms. The molecular formula is C23H16F3N3O. The van der Waals surface area contributed by atoms with Crippen molar-refractivity contribution in [3.63, 3.8) is 0 Å². The molecule has 4 aromatic rings. The highest BCUT2D eigenvalue weighted by molar-refractivity contribution is 6.03. The van der Waals surface area contributed by atoms with E-state index in [2.05, 4.69) is 15.3 Å². The minimum atomic E-state index is -4.54. The monoisotopic (exact) mass is 407 g/mol. The first-order valence-corrected chi connectivity index (χ1v) is 9.11. The fraction of sp³-hybridized carbons (Fsp3) is 0.0870. The number of nitrogens with one attached hydrogen (secondary N) is 1. The summed E-state index contributed by atoms with van der Waals surface area (Å²) in [6.07, 6.45) is -0.0638. The molecule has 0 atom stereocenters. The molecule has 0 unspecified atom stereocenters. The summed E-state index contributed by atoms with van der Waals surface area (Å²) in [7, 11) is 0. The third kappa shape index (κ3) is 4.00. The van der Waals surface area contributed by atoms with Crippen molar-refractivity contribution in [1.29, 1.82) is 0 Å². The lowest BCUT2D eigenvalue weighted by atomic mass is 9.98. The Balaban J connectivity index is 1.64. The van der Waals surface area contributed by atoms with Crippen molar-refractivity contribution in [3.05, 3.63) is 90.0 Å². The number of nitrogens with zero attached hydrogens (tertiary/aromatic N) is 2. The topological polar surface area (TPSA) is 54.9 Å². The van der Waals surface area contributed by atoms with E-state index in [0.717, 1.165) is 45.8 Å². The van der Waals surface area contributed by atoms with E-state index in [1.807, 2.05) is 37.3 Å². The van der Waals surface area contributed by atoms with Crippen LogP contribution in [0.4, 0.5) is 18.9 Å². The normalized spacial score (nSPS) is 11.5. The fourth-order valence-electron chi connectivity index (χ4n) is 3.19. The van der Waals surface area contributed by atoms with Gasteiger partial charge >= 0.3 is 6.18 Å². The van der Waals surface area contributed by atoms with E-state index >= 15 is 0 Å². The Morgan fingerprint density at radius 2 is 1.77 bits per heavy atom. The van der Waals surface area contributed by atoms with Crippen molar-refractivity contribution in [2.75, 3.05) is 5.32 Å². The van der Waals surface area contributed by atoms with Crippen molar-refractivity contribution in [1.82, 2.24) is 9.97 Å². The van der Waals surface area contributed by atoms with Crippen LogP contribution in [0.3, 0.4) is 0 Å².